The van der Waals surface area contributed by atoms with E-state index in [2.05, 4.69) is 41.5 Å². The summed E-state index contributed by atoms with van der Waals surface area (Å²) in [5.74, 6) is 0.810. The van der Waals surface area contributed by atoms with Crippen LogP contribution in [0.25, 0.3) is 11.3 Å². The van der Waals surface area contributed by atoms with E-state index in [0.717, 1.165) is 23.6 Å². The van der Waals surface area contributed by atoms with Gasteiger partial charge in [0, 0.05) is 17.8 Å². The lowest BCUT2D eigenvalue weighted by Gasteiger charge is -2.06. The summed E-state index contributed by atoms with van der Waals surface area (Å²) in [5, 5.41) is 3.43. The minimum atomic E-state index is 0.810. The quantitative estimate of drug-likeness (QED) is 0.736. The summed E-state index contributed by atoms with van der Waals surface area (Å²) in [7, 11) is 0. The van der Waals surface area contributed by atoms with Crippen LogP contribution in [0, 0.1) is 0 Å². The molecule has 0 aliphatic rings. The van der Waals surface area contributed by atoms with E-state index in [0.29, 0.717) is 0 Å². The first kappa shape index (κ1) is 12.7. The van der Waals surface area contributed by atoms with Gasteiger partial charge < -0.3 is 9.73 Å². The summed E-state index contributed by atoms with van der Waals surface area (Å²) >= 11 is 0. The van der Waals surface area contributed by atoms with Gasteiger partial charge >= 0.3 is 0 Å². The van der Waals surface area contributed by atoms with E-state index in [1.165, 1.54) is 32.1 Å². The molecule has 18 heavy (non-hydrogen) atoms. The lowest BCUT2D eigenvalue weighted by molar-refractivity contribution is 0.572. The Labute approximate surface area is 108 Å². The molecule has 0 unspecified atom stereocenters. The average molecular weight is 244 g/mol. The summed E-state index contributed by atoms with van der Waals surface area (Å²) in [6, 6.07) is 8.26. The molecule has 0 aliphatic carbocycles. The molecular weight excluding hydrogens is 224 g/mol. The smallest absolute Gasteiger partial charge is 0.181 e. The minimum absolute atomic E-state index is 0.810. The van der Waals surface area contributed by atoms with E-state index in [4.69, 9.17) is 4.42 Å². The van der Waals surface area contributed by atoms with Crippen molar-refractivity contribution in [2.75, 3.05) is 11.9 Å². The van der Waals surface area contributed by atoms with E-state index in [1.54, 1.807) is 6.20 Å². The number of aromatic nitrogens is 1. The molecule has 0 fully saturated rings. The first-order chi connectivity index (χ1) is 8.90. The Morgan fingerprint density at radius 3 is 2.61 bits per heavy atom. The van der Waals surface area contributed by atoms with Crippen molar-refractivity contribution in [3.05, 3.63) is 36.9 Å². The Balaban J connectivity index is 1.81. The Hall–Kier alpha value is -1.77. The monoisotopic (exact) mass is 244 g/mol. The molecule has 0 saturated carbocycles. The van der Waals surface area contributed by atoms with Gasteiger partial charge in [-0.15, -0.1) is 0 Å². The van der Waals surface area contributed by atoms with Crippen LogP contribution in [0.2, 0.25) is 0 Å². The number of rotatable bonds is 7. The third-order valence-electron chi connectivity index (χ3n) is 2.96. The molecule has 1 aromatic carbocycles. The highest BCUT2D eigenvalue weighted by Crippen LogP contribution is 2.20. The standard InChI is InChI=1S/C15H20N2O/c1-2-3-4-5-10-17-14-8-6-13(7-9-14)15-11-16-12-18-15/h6-9,11-12,17H,2-5,10H2,1H3. The highest BCUT2D eigenvalue weighted by molar-refractivity contribution is 5.60. The van der Waals surface area contributed by atoms with Gasteiger partial charge in [0.15, 0.2) is 12.2 Å². The second kappa shape index (κ2) is 6.84. The predicted octanol–water partition coefficient (Wildman–Crippen LogP) is 4.33. The maximum atomic E-state index is 5.25. The number of nitrogens with one attached hydrogen (secondary N) is 1. The largest absolute Gasteiger partial charge is 0.444 e. The lowest BCUT2D eigenvalue weighted by Crippen LogP contribution is -2.00. The molecule has 1 heterocycles. The molecule has 0 aliphatic heterocycles. The number of hydrogen-bond acceptors (Lipinski definition) is 3. The van der Waals surface area contributed by atoms with E-state index in [1.807, 2.05) is 0 Å². The van der Waals surface area contributed by atoms with E-state index in [9.17, 15) is 0 Å². The number of anilines is 1. The van der Waals surface area contributed by atoms with Gasteiger partial charge in [-0.25, -0.2) is 4.98 Å². The molecule has 2 aromatic rings. The van der Waals surface area contributed by atoms with Crippen LogP contribution in [0.15, 0.2) is 41.3 Å². The normalized spacial score (nSPS) is 10.5. The molecule has 0 spiro atoms. The second-order valence-corrected chi connectivity index (χ2v) is 4.43. The molecular formula is C15H20N2O. The third-order valence-corrected chi connectivity index (χ3v) is 2.96. The first-order valence-electron chi connectivity index (χ1n) is 6.63. The lowest BCUT2D eigenvalue weighted by atomic mass is 10.1. The molecule has 1 N–H and O–H groups in total. The van der Waals surface area contributed by atoms with E-state index >= 15 is 0 Å². The van der Waals surface area contributed by atoms with Crippen LogP contribution in [0.3, 0.4) is 0 Å². The van der Waals surface area contributed by atoms with Crippen LogP contribution in [0.5, 0.6) is 0 Å². The average Bonchev–Trinajstić information content (AvgIpc) is 2.93. The molecule has 3 nitrogen and oxygen atoms in total. The highest BCUT2D eigenvalue weighted by Gasteiger charge is 2.00. The van der Waals surface area contributed by atoms with Crippen molar-refractivity contribution in [1.82, 2.24) is 4.98 Å². The number of benzene rings is 1. The fraction of sp³-hybridized carbons (Fsp3) is 0.400. The summed E-state index contributed by atoms with van der Waals surface area (Å²) in [6.45, 7) is 3.28. The molecule has 0 bridgehead atoms. The third kappa shape index (κ3) is 3.62. The van der Waals surface area contributed by atoms with Crippen molar-refractivity contribution in [2.24, 2.45) is 0 Å². The molecule has 2 rings (SSSR count). The van der Waals surface area contributed by atoms with Gasteiger partial charge in [0.25, 0.3) is 0 Å². The van der Waals surface area contributed by atoms with Crippen molar-refractivity contribution in [2.45, 2.75) is 32.6 Å². The second-order valence-electron chi connectivity index (χ2n) is 4.43. The van der Waals surface area contributed by atoms with Crippen molar-refractivity contribution in [3.8, 4) is 11.3 Å². The van der Waals surface area contributed by atoms with Gasteiger partial charge in [-0.3, -0.25) is 0 Å². The van der Waals surface area contributed by atoms with Crippen LogP contribution in [0.4, 0.5) is 5.69 Å². The van der Waals surface area contributed by atoms with Gasteiger partial charge in [-0.1, -0.05) is 26.2 Å². The number of unbranched alkanes of at least 4 members (excludes halogenated alkanes) is 3. The van der Waals surface area contributed by atoms with Gasteiger partial charge in [-0.05, 0) is 30.7 Å². The molecule has 96 valence electrons. The molecule has 0 atom stereocenters. The summed E-state index contributed by atoms with van der Waals surface area (Å²) in [5.41, 5.74) is 2.22. The maximum absolute atomic E-state index is 5.25. The molecule has 0 saturated heterocycles. The Morgan fingerprint density at radius 1 is 1.11 bits per heavy atom. The highest BCUT2D eigenvalue weighted by atomic mass is 16.3. The van der Waals surface area contributed by atoms with Crippen molar-refractivity contribution in [3.63, 3.8) is 0 Å². The zero-order valence-corrected chi connectivity index (χ0v) is 10.9. The molecule has 0 amide bonds. The topological polar surface area (TPSA) is 38.1 Å². The molecule has 3 heteroatoms. The fourth-order valence-corrected chi connectivity index (χ4v) is 1.90. The van der Waals surface area contributed by atoms with Crippen LogP contribution in [-0.2, 0) is 0 Å². The SMILES string of the molecule is CCCCCCNc1ccc(-c2cnco2)cc1. The van der Waals surface area contributed by atoms with Crippen LogP contribution < -0.4 is 5.32 Å². The fourth-order valence-electron chi connectivity index (χ4n) is 1.90. The van der Waals surface area contributed by atoms with Crippen LogP contribution >= 0.6 is 0 Å². The number of oxazole rings is 1. The maximum Gasteiger partial charge on any atom is 0.181 e. The van der Waals surface area contributed by atoms with E-state index < -0.39 is 0 Å². The molecule has 1 aromatic heterocycles. The first-order valence-corrected chi connectivity index (χ1v) is 6.63. The minimum Gasteiger partial charge on any atom is -0.444 e. The summed E-state index contributed by atoms with van der Waals surface area (Å²) in [4.78, 5) is 3.92. The number of nitrogens with zero attached hydrogens (tertiary/aromatic N) is 1. The molecule has 0 radical (unpaired) electrons. The van der Waals surface area contributed by atoms with Gasteiger partial charge in [0.05, 0.1) is 6.20 Å². The Bertz CT molecular complexity index is 434. The van der Waals surface area contributed by atoms with Gasteiger partial charge in [0.1, 0.15) is 0 Å². The summed E-state index contributed by atoms with van der Waals surface area (Å²) < 4.78 is 5.25. The van der Waals surface area contributed by atoms with Crippen LogP contribution in [0.1, 0.15) is 32.6 Å². The van der Waals surface area contributed by atoms with Crippen molar-refractivity contribution in [1.29, 1.82) is 0 Å². The van der Waals surface area contributed by atoms with Crippen molar-refractivity contribution >= 4 is 5.69 Å². The predicted molar refractivity (Wildman–Crippen MR) is 74.6 cm³/mol. The summed E-state index contributed by atoms with van der Waals surface area (Å²) in [6.07, 6.45) is 8.33. The van der Waals surface area contributed by atoms with E-state index in [-0.39, 0.29) is 0 Å². The van der Waals surface area contributed by atoms with Gasteiger partial charge in [0.2, 0.25) is 0 Å². The Morgan fingerprint density at radius 2 is 1.94 bits per heavy atom. The number of hydrogen-bond donors (Lipinski definition) is 1. The zero-order chi connectivity index (χ0) is 12.6. The zero-order valence-electron chi connectivity index (χ0n) is 10.9. The van der Waals surface area contributed by atoms with Crippen molar-refractivity contribution < 1.29 is 4.42 Å². The van der Waals surface area contributed by atoms with Gasteiger partial charge in [-0.2, -0.15) is 0 Å². The van der Waals surface area contributed by atoms with Crippen LogP contribution in [-0.4, -0.2) is 11.5 Å². The Kier molecular flexibility index (Phi) is 4.82.